The third-order valence-corrected chi connectivity index (χ3v) is 4.79. The van der Waals surface area contributed by atoms with Crippen molar-refractivity contribution < 1.29 is 13.3 Å². The molecule has 0 aliphatic rings. The summed E-state index contributed by atoms with van der Waals surface area (Å²) in [4.78, 5) is 10.2. The summed E-state index contributed by atoms with van der Waals surface area (Å²) < 4.78 is 26.9. The van der Waals surface area contributed by atoms with Crippen LogP contribution in [0.15, 0.2) is 41.3 Å². The van der Waals surface area contributed by atoms with Crippen molar-refractivity contribution in [3.63, 3.8) is 0 Å². The SMILES string of the molecule is Cc1cc([N+](=O)[O-])c(Cl)cc1NS(=O)(=O)c1ccc(Cl)cc1. The Hall–Kier alpha value is -1.83. The Morgan fingerprint density at radius 3 is 2.27 bits per heavy atom. The van der Waals surface area contributed by atoms with Gasteiger partial charge in [0.2, 0.25) is 0 Å². The summed E-state index contributed by atoms with van der Waals surface area (Å²) in [7, 11) is -3.84. The van der Waals surface area contributed by atoms with E-state index >= 15 is 0 Å². The molecule has 0 spiro atoms. The van der Waals surface area contributed by atoms with Gasteiger partial charge in [-0.1, -0.05) is 23.2 Å². The van der Waals surface area contributed by atoms with E-state index in [1.165, 1.54) is 36.4 Å². The number of sulfonamides is 1. The Labute approximate surface area is 136 Å². The number of hydrogen-bond acceptors (Lipinski definition) is 4. The van der Waals surface area contributed by atoms with Gasteiger partial charge in [0.05, 0.1) is 15.5 Å². The maximum absolute atomic E-state index is 12.3. The first kappa shape index (κ1) is 16.5. The van der Waals surface area contributed by atoms with Crippen LogP contribution >= 0.6 is 23.2 Å². The average molecular weight is 361 g/mol. The third kappa shape index (κ3) is 3.49. The number of hydrogen-bond donors (Lipinski definition) is 1. The molecule has 0 unspecified atom stereocenters. The predicted octanol–water partition coefficient (Wildman–Crippen LogP) is 4.01. The van der Waals surface area contributed by atoms with Gasteiger partial charge in [-0.05, 0) is 42.8 Å². The molecule has 0 saturated carbocycles. The molecule has 0 aliphatic heterocycles. The number of halogens is 2. The van der Waals surface area contributed by atoms with E-state index in [4.69, 9.17) is 23.2 Å². The fraction of sp³-hybridized carbons (Fsp3) is 0.0769. The van der Waals surface area contributed by atoms with Gasteiger partial charge in [-0.25, -0.2) is 8.42 Å². The molecule has 0 saturated heterocycles. The van der Waals surface area contributed by atoms with Gasteiger partial charge in [-0.15, -0.1) is 0 Å². The molecule has 6 nitrogen and oxygen atoms in total. The number of nitrogens with zero attached hydrogens (tertiary/aromatic N) is 1. The van der Waals surface area contributed by atoms with E-state index in [2.05, 4.69) is 4.72 Å². The minimum absolute atomic E-state index is 0.0192. The number of nitro groups is 1. The third-order valence-electron chi connectivity index (χ3n) is 2.86. The second-order valence-electron chi connectivity index (χ2n) is 4.44. The highest BCUT2D eigenvalue weighted by Crippen LogP contribution is 2.31. The van der Waals surface area contributed by atoms with Crippen LogP contribution in [0.5, 0.6) is 0 Å². The number of aryl methyl sites for hydroxylation is 1. The number of rotatable bonds is 4. The molecule has 2 aromatic carbocycles. The molecule has 0 aliphatic carbocycles. The molecule has 116 valence electrons. The lowest BCUT2D eigenvalue weighted by Crippen LogP contribution is -2.13. The van der Waals surface area contributed by atoms with E-state index in [1.807, 2.05) is 0 Å². The van der Waals surface area contributed by atoms with E-state index in [9.17, 15) is 18.5 Å². The molecule has 0 aromatic heterocycles. The quantitative estimate of drug-likeness (QED) is 0.658. The number of nitro benzene ring substituents is 1. The van der Waals surface area contributed by atoms with E-state index in [0.717, 1.165) is 0 Å². The smallest absolute Gasteiger partial charge is 0.279 e. The highest BCUT2D eigenvalue weighted by Gasteiger charge is 2.19. The lowest BCUT2D eigenvalue weighted by Gasteiger charge is -2.11. The molecule has 0 bridgehead atoms. The summed E-state index contributed by atoms with van der Waals surface area (Å²) >= 11 is 11.5. The molecular weight excluding hydrogens is 351 g/mol. The Morgan fingerprint density at radius 1 is 1.14 bits per heavy atom. The van der Waals surface area contributed by atoms with E-state index in [0.29, 0.717) is 10.6 Å². The summed E-state index contributed by atoms with van der Waals surface area (Å²) in [6, 6.07) is 8.03. The van der Waals surface area contributed by atoms with Crippen molar-refractivity contribution in [3.05, 3.63) is 62.1 Å². The van der Waals surface area contributed by atoms with Crippen LogP contribution < -0.4 is 4.72 Å². The van der Waals surface area contributed by atoms with Gasteiger partial charge in [0.25, 0.3) is 15.7 Å². The van der Waals surface area contributed by atoms with Crippen LogP contribution in [-0.2, 0) is 10.0 Å². The minimum Gasteiger partial charge on any atom is -0.279 e. The fourth-order valence-corrected chi connectivity index (χ4v) is 3.21. The van der Waals surface area contributed by atoms with Crippen molar-refractivity contribution in [2.24, 2.45) is 0 Å². The van der Waals surface area contributed by atoms with Gasteiger partial charge in [0.15, 0.2) is 0 Å². The van der Waals surface area contributed by atoms with Crippen molar-refractivity contribution in [1.29, 1.82) is 0 Å². The van der Waals surface area contributed by atoms with Crippen molar-refractivity contribution in [1.82, 2.24) is 0 Å². The zero-order valence-electron chi connectivity index (χ0n) is 11.2. The van der Waals surface area contributed by atoms with Crippen LogP contribution in [0.4, 0.5) is 11.4 Å². The average Bonchev–Trinajstić information content (AvgIpc) is 2.42. The van der Waals surface area contributed by atoms with Crippen molar-refractivity contribution >= 4 is 44.6 Å². The highest BCUT2D eigenvalue weighted by atomic mass is 35.5. The Kier molecular flexibility index (Phi) is 4.60. The molecule has 9 heteroatoms. The van der Waals surface area contributed by atoms with Crippen LogP contribution in [0.2, 0.25) is 10.0 Å². The summed E-state index contributed by atoms with van der Waals surface area (Å²) in [6.45, 7) is 1.54. The maximum atomic E-state index is 12.3. The second kappa shape index (κ2) is 6.12. The monoisotopic (exact) mass is 360 g/mol. The fourth-order valence-electron chi connectivity index (χ4n) is 1.73. The molecule has 0 heterocycles. The van der Waals surface area contributed by atoms with Crippen LogP contribution in [0.1, 0.15) is 5.56 Å². The molecule has 1 N–H and O–H groups in total. The summed E-state index contributed by atoms with van der Waals surface area (Å²) in [5.74, 6) is 0. The standard InChI is InChI=1S/C13H10Cl2N2O4S/c1-8-6-13(17(18)19)11(15)7-12(8)16-22(20,21)10-4-2-9(14)3-5-10/h2-7,16H,1H3. The zero-order valence-corrected chi connectivity index (χ0v) is 13.5. The van der Waals surface area contributed by atoms with Gasteiger partial charge in [-0.2, -0.15) is 0 Å². The van der Waals surface area contributed by atoms with Crippen LogP contribution in [0.25, 0.3) is 0 Å². The van der Waals surface area contributed by atoms with Crippen LogP contribution in [-0.4, -0.2) is 13.3 Å². The van der Waals surface area contributed by atoms with E-state index in [-0.39, 0.29) is 21.3 Å². The number of benzene rings is 2. The van der Waals surface area contributed by atoms with Gasteiger partial charge in [0.1, 0.15) is 5.02 Å². The van der Waals surface area contributed by atoms with Gasteiger partial charge >= 0.3 is 0 Å². The molecule has 2 rings (SSSR count). The van der Waals surface area contributed by atoms with Gasteiger partial charge in [0, 0.05) is 11.1 Å². The molecular formula is C13H10Cl2N2O4S. The number of anilines is 1. The van der Waals surface area contributed by atoms with Crippen molar-refractivity contribution in [3.8, 4) is 0 Å². The Balaban J connectivity index is 2.40. The molecule has 22 heavy (non-hydrogen) atoms. The second-order valence-corrected chi connectivity index (χ2v) is 6.96. The van der Waals surface area contributed by atoms with Crippen LogP contribution in [0, 0.1) is 17.0 Å². The summed E-state index contributed by atoms with van der Waals surface area (Å²) in [6.07, 6.45) is 0. The molecule has 0 fully saturated rings. The first-order valence-electron chi connectivity index (χ1n) is 5.93. The Bertz CT molecular complexity index is 836. The summed E-state index contributed by atoms with van der Waals surface area (Å²) in [5.41, 5.74) is 0.271. The molecule has 0 amide bonds. The largest absolute Gasteiger partial charge is 0.288 e. The van der Waals surface area contributed by atoms with Crippen LogP contribution in [0.3, 0.4) is 0 Å². The van der Waals surface area contributed by atoms with E-state index in [1.54, 1.807) is 6.92 Å². The van der Waals surface area contributed by atoms with Gasteiger partial charge in [-0.3, -0.25) is 14.8 Å². The minimum atomic E-state index is -3.84. The summed E-state index contributed by atoms with van der Waals surface area (Å²) in [5, 5.41) is 11.1. The normalized spacial score (nSPS) is 11.2. The number of nitrogens with one attached hydrogen (secondary N) is 1. The Morgan fingerprint density at radius 2 is 1.73 bits per heavy atom. The highest BCUT2D eigenvalue weighted by molar-refractivity contribution is 7.92. The lowest BCUT2D eigenvalue weighted by molar-refractivity contribution is -0.384. The first-order chi connectivity index (χ1) is 10.2. The topological polar surface area (TPSA) is 89.3 Å². The molecule has 0 atom stereocenters. The van der Waals surface area contributed by atoms with Crippen molar-refractivity contribution in [2.45, 2.75) is 11.8 Å². The van der Waals surface area contributed by atoms with Gasteiger partial charge < -0.3 is 0 Å². The zero-order chi connectivity index (χ0) is 16.5. The molecule has 0 radical (unpaired) electrons. The first-order valence-corrected chi connectivity index (χ1v) is 8.17. The maximum Gasteiger partial charge on any atom is 0.288 e. The molecule has 2 aromatic rings. The predicted molar refractivity (Wildman–Crippen MR) is 85.1 cm³/mol. The van der Waals surface area contributed by atoms with Crippen molar-refractivity contribution in [2.75, 3.05) is 4.72 Å². The van der Waals surface area contributed by atoms with E-state index < -0.39 is 14.9 Å². The lowest BCUT2D eigenvalue weighted by atomic mass is 10.2.